The van der Waals surface area contributed by atoms with Gasteiger partial charge in [0.05, 0.1) is 11.3 Å². The standard InChI is InChI=1S/C16H17N5O/c1-3-21(4-2)15-9-14(18-11-19-15)16(22)20-13-8-6-5-7-12(13)10-17/h5-9,11H,3-4H2,1-2H3,(H,20,22). The lowest BCUT2D eigenvalue weighted by Crippen LogP contribution is -2.24. The first-order valence-corrected chi connectivity index (χ1v) is 7.07. The summed E-state index contributed by atoms with van der Waals surface area (Å²) in [7, 11) is 0. The zero-order valence-electron chi connectivity index (χ0n) is 12.6. The predicted molar refractivity (Wildman–Crippen MR) is 84.7 cm³/mol. The Bertz CT molecular complexity index is 704. The SMILES string of the molecule is CCN(CC)c1cc(C(=O)Nc2ccccc2C#N)ncn1. The number of amides is 1. The first kappa shape index (κ1) is 15.4. The normalized spacial score (nSPS) is 9.86. The number of nitrogens with zero attached hydrogens (tertiary/aromatic N) is 4. The molecule has 0 unspecified atom stereocenters. The van der Waals surface area contributed by atoms with Crippen LogP contribution in [-0.2, 0) is 0 Å². The minimum Gasteiger partial charge on any atom is -0.357 e. The average Bonchev–Trinajstić information content (AvgIpc) is 2.57. The molecule has 6 nitrogen and oxygen atoms in total. The van der Waals surface area contributed by atoms with Crippen molar-refractivity contribution in [3.05, 3.63) is 47.9 Å². The molecule has 22 heavy (non-hydrogen) atoms. The van der Waals surface area contributed by atoms with E-state index in [0.29, 0.717) is 17.1 Å². The highest BCUT2D eigenvalue weighted by molar-refractivity contribution is 6.03. The second kappa shape index (κ2) is 7.18. The van der Waals surface area contributed by atoms with Crippen LogP contribution in [0.3, 0.4) is 0 Å². The van der Waals surface area contributed by atoms with Crippen molar-refractivity contribution in [3.8, 4) is 6.07 Å². The van der Waals surface area contributed by atoms with Crippen LogP contribution in [0.1, 0.15) is 29.9 Å². The third kappa shape index (κ3) is 3.38. The summed E-state index contributed by atoms with van der Waals surface area (Å²) < 4.78 is 0. The molecule has 0 saturated carbocycles. The van der Waals surface area contributed by atoms with Gasteiger partial charge < -0.3 is 10.2 Å². The van der Waals surface area contributed by atoms with E-state index in [-0.39, 0.29) is 11.6 Å². The van der Waals surface area contributed by atoms with Crippen LogP contribution in [0, 0.1) is 11.3 Å². The lowest BCUT2D eigenvalue weighted by Gasteiger charge is -2.19. The Morgan fingerprint density at radius 3 is 2.68 bits per heavy atom. The molecule has 0 radical (unpaired) electrons. The number of para-hydroxylation sites is 1. The lowest BCUT2D eigenvalue weighted by molar-refractivity contribution is 0.102. The summed E-state index contributed by atoms with van der Waals surface area (Å²) in [5.74, 6) is 0.345. The number of anilines is 2. The van der Waals surface area contributed by atoms with Crippen LogP contribution in [-0.4, -0.2) is 29.0 Å². The smallest absolute Gasteiger partial charge is 0.274 e. The van der Waals surface area contributed by atoms with E-state index in [4.69, 9.17) is 5.26 Å². The van der Waals surface area contributed by atoms with Crippen molar-refractivity contribution in [2.75, 3.05) is 23.3 Å². The molecule has 2 aromatic rings. The van der Waals surface area contributed by atoms with Crippen molar-refractivity contribution >= 4 is 17.4 Å². The van der Waals surface area contributed by atoms with Gasteiger partial charge in [-0.2, -0.15) is 5.26 Å². The summed E-state index contributed by atoms with van der Waals surface area (Å²) in [6.07, 6.45) is 1.37. The Labute approximate surface area is 129 Å². The minimum absolute atomic E-state index is 0.268. The number of carbonyl (C=O) groups is 1. The third-order valence-electron chi connectivity index (χ3n) is 3.27. The molecule has 1 N–H and O–H groups in total. The molecule has 0 atom stereocenters. The molecule has 1 aromatic heterocycles. The van der Waals surface area contributed by atoms with E-state index in [1.165, 1.54) is 6.33 Å². The molecule has 0 saturated heterocycles. The van der Waals surface area contributed by atoms with Gasteiger partial charge in [0.1, 0.15) is 23.9 Å². The average molecular weight is 295 g/mol. The number of hydrogen-bond donors (Lipinski definition) is 1. The molecule has 1 aromatic carbocycles. The number of benzene rings is 1. The summed E-state index contributed by atoms with van der Waals surface area (Å²) in [6, 6.07) is 10.5. The van der Waals surface area contributed by atoms with Gasteiger partial charge in [0.25, 0.3) is 5.91 Å². The predicted octanol–water partition coefficient (Wildman–Crippen LogP) is 2.45. The van der Waals surface area contributed by atoms with E-state index >= 15 is 0 Å². The number of nitriles is 1. The Hall–Kier alpha value is -2.94. The number of carbonyl (C=O) groups excluding carboxylic acids is 1. The fourth-order valence-corrected chi connectivity index (χ4v) is 2.07. The molecule has 0 fully saturated rings. The zero-order valence-corrected chi connectivity index (χ0v) is 12.6. The van der Waals surface area contributed by atoms with Gasteiger partial charge in [0, 0.05) is 19.2 Å². The van der Waals surface area contributed by atoms with E-state index in [1.807, 2.05) is 24.8 Å². The van der Waals surface area contributed by atoms with Gasteiger partial charge in [-0.25, -0.2) is 9.97 Å². The monoisotopic (exact) mass is 295 g/mol. The second-order valence-corrected chi connectivity index (χ2v) is 4.55. The molecule has 6 heteroatoms. The van der Waals surface area contributed by atoms with Crippen LogP contribution in [0.15, 0.2) is 36.7 Å². The van der Waals surface area contributed by atoms with Gasteiger partial charge >= 0.3 is 0 Å². The van der Waals surface area contributed by atoms with Crippen molar-refractivity contribution in [2.45, 2.75) is 13.8 Å². The maximum absolute atomic E-state index is 12.3. The molecule has 112 valence electrons. The molecule has 1 amide bonds. The summed E-state index contributed by atoms with van der Waals surface area (Å²) in [6.45, 7) is 5.64. The minimum atomic E-state index is -0.362. The van der Waals surface area contributed by atoms with Gasteiger partial charge in [-0.15, -0.1) is 0 Å². The van der Waals surface area contributed by atoms with E-state index < -0.39 is 0 Å². The van der Waals surface area contributed by atoms with Gasteiger partial charge in [0.15, 0.2) is 0 Å². The first-order chi connectivity index (χ1) is 10.7. The molecule has 0 aliphatic rings. The van der Waals surface area contributed by atoms with Crippen LogP contribution in [0.4, 0.5) is 11.5 Å². The lowest BCUT2D eigenvalue weighted by atomic mass is 10.2. The van der Waals surface area contributed by atoms with Crippen LogP contribution in [0.5, 0.6) is 0 Å². The zero-order chi connectivity index (χ0) is 15.9. The first-order valence-electron chi connectivity index (χ1n) is 7.07. The highest BCUT2D eigenvalue weighted by Gasteiger charge is 2.13. The van der Waals surface area contributed by atoms with Gasteiger partial charge in [-0.1, -0.05) is 12.1 Å². The molecule has 0 aliphatic carbocycles. The van der Waals surface area contributed by atoms with Crippen LogP contribution >= 0.6 is 0 Å². The maximum atomic E-state index is 12.3. The maximum Gasteiger partial charge on any atom is 0.274 e. The van der Waals surface area contributed by atoms with Gasteiger partial charge in [0.2, 0.25) is 0 Å². The molecule has 2 rings (SSSR count). The Morgan fingerprint density at radius 1 is 1.27 bits per heavy atom. The van der Waals surface area contributed by atoms with Gasteiger partial charge in [-0.05, 0) is 26.0 Å². The van der Waals surface area contributed by atoms with Crippen LogP contribution in [0.2, 0.25) is 0 Å². The summed E-state index contributed by atoms with van der Waals surface area (Å²) in [5.41, 5.74) is 1.15. The number of nitrogens with one attached hydrogen (secondary N) is 1. The highest BCUT2D eigenvalue weighted by Crippen LogP contribution is 2.16. The summed E-state index contributed by atoms with van der Waals surface area (Å²) >= 11 is 0. The highest BCUT2D eigenvalue weighted by atomic mass is 16.1. The molecule has 0 bridgehead atoms. The fourth-order valence-electron chi connectivity index (χ4n) is 2.07. The van der Waals surface area contributed by atoms with Crippen molar-refractivity contribution in [2.24, 2.45) is 0 Å². The summed E-state index contributed by atoms with van der Waals surface area (Å²) in [5, 5.41) is 11.8. The van der Waals surface area contributed by atoms with Crippen LogP contribution < -0.4 is 10.2 Å². The second-order valence-electron chi connectivity index (χ2n) is 4.55. The van der Waals surface area contributed by atoms with Crippen molar-refractivity contribution in [1.29, 1.82) is 5.26 Å². The van der Waals surface area contributed by atoms with E-state index in [1.54, 1.807) is 30.3 Å². The topological polar surface area (TPSA) is 81.9 Å². The largest absolute Gasteiger partial charge is 0.357 e. The third-order valence-corrected chi connectivity index (χ3v) is 3.27. The molecule has 1 heterocycles. The fraction of sp³-hybridized carbons (Fsp3) is 0.250. The molecular formula is C16H17N5O. The van der Waals surface area contributed by atoms with E-state index in [2.05, 4.69) is 15.3 Å². The number of aromatic nitrogens is 2. The summed E-state index contributed by atoms with van der Waals surface area (Å²) in [4.78, 5) is 22.5. The van der Waals surface area contributed by atoms with Gasteiger partial charge in [-0.3, -0.25) is 4.79 Å². The van der Waals surface area contributed by atoms with E-state index in [0.717, 1.165) is 13.1 Å². The van der Waals surface area contributed by atoms with Crippen molar-refractivity contribution < 1.29 is 4.79 Å². The Balaban J connectivity index is 2.23. The molecular weight excluding hydrogens is 278 g/mol. The van der Waals surface area contributed by atoms with Crippen molar-refractivity contribution in [1.82, 2.24) is 9.97 Å². The Kier molecular flexibility index (Phi) is 5.04. The Morgan fingerprint density at radius 2 is 2.00 bits per heavy atom. The van der Waals surface area contributed by atoms with E-state index in [9.17, 15) is 4.79 Å². The number of hydrogen-bond acceptors (Lipinski definition) is 5. The quantitative estimate of drug-likeness (QED) is 0.916. The molecule has 0 spiro atoms. The van der Waals surface area contributed by atoms with Crippen molar-refractivity contribution in [3.63, 3.8) is 0 Å². The van der Waals surface area contributed by atoms with Crippen LogP contribution in [0.25, 0.3) is 0 Å². The molecule has 0 aliphatic heterocycles. The number of rotatable bonds is 5.